The first kappa shape index (κ1) is 19.7. The molecule has 138 valence electrons. The summed E-state index contributed by atoms with van der Waals surface area (Å²) in [5.41, 5.74) is 1.85. The fraction of sp³-hybridized carbons (Fsp3) is 0.364. The number of nitrogens with zero attached hydrogens (tertiary/aromatic N) is 1. The lowest BCUT2D eigenvalue weighted by atomic mass is 10.0. The zero-order chi connectivity index (χ0) is 18.8. The summed E-state index contributed by atoms with van der Waals surface area (Å²) in [5, 5.41) is 2.96. The van der Waals surface area contributed by atoms with Crippen molar-refractivity contribution in [1.29, 1.82) is 0 Å². The van der Waals surface area contributed by atoms with Crippen molar-refractivity contribution in [2.75, 3.05) is 6.54 Å². The summed E-state index contributed by atoms with van der Waals surface area (Å²) in [4.78, 5) is 27.5. The van der Waals surface area contributed by atoms with Gasteiger partial charge in [-0.1, -0.05) is 74.5 Å². The molecule has 26 heavy (non-hydrogen) atoms. The Morgan fingerprint density at radius 2 is 1.54 bits per heavy atom. The minimum absolute atomic E-state index is 0.00291. The van der Waals surface area contributed by atoms with Gasteiger partial charge in [0, 0.05) is 19.5 Å². The van der Waals surface area contributed by atoms with Gasteiger partial charge < -0.3 is 10.2 Å². The summed E-state index contributed by atoms with van der Waals surface area (Å²) >= 11 is 0. The summed E-state index contributed by atoms with van der Waals surface area (Å²) in [6.45, 7) is 5.01. The van der Waals surface area contributed by atoms with Gasteiger partial charge in [0.05, 0.1) is 0 Å². The second-order valence-corrected chi connectivity index (χ2v) is 6.36. The molecule has 0 saturated heterocycles. The summed E-state index contributed by atoms with van der Waals surface area (Å²) < 4.78 is 0. The van der Waals surface area contributed by atoms with Crippen molar-refractivity contribution in [2.24, 2.45) is 0 Å². The Kier molecular flexibility index (Phi) is 7.87. The maximum absolute atomic E-state index is 12.9. The average Bonchev–Trinajstić information content (AvgIpc) is 2.67. The molecule has 2 rings (SSSR count). The maximum Gasteiger partial charge on any atom is 0.247 e. The monoisotopic (exact) mass is 352 g/mol. The topological polar surface area (TPSA) is 49.4 Å². The van der Waals surface area contributed by atoms with Gasteiger partial charge in [-0.2, -0.15) is 0 Å². The van der Waals surface area contributed by atoms with E-state index in [1.54, 1.807) is 4.90 Å². The molecule has 2 amide bonds. The second-order valence-electron chi connectivity index (χ2n) is 6.36. The van der Waals surface area contributed by atoms with Crippen molar-refractivity contribution < 1.29 is 9.59 Å². The Balaban J connectivity index is 2.38. The van der Waals surface area contributed by atoms with Crippen LogP contribution < -0.4 is 5.32 Å². The van der Waals surface area contributed by atoms with Gasteiger partial charge in [-0.15, -0.1) is 0 Å². The molecule has 1 atom stereocenters. The van der Waals surface area contributed by atoms with E-state index in [0.29, 0.717) is 19.5 Å². The van der Waals surface area contributed by atoms with Crippen LogP contribution in [0.5, 0.6) is 0 Å². The van der Waals surface area contributed by atoms with Crippen molar-refractivity contribution in [3.8, 4) is 0 Å². The van der Waals surface area contributed by atoms with Gasteiger partial charge in [-0.3, -0.25) is 9.59 Å². The van der Waals surface area contributed by atoms with Crippen molar-refractivity contribution >= 4 is 11.8 Å². The van der Waals surface area contributed by atoms with E-state index in [2.05, 4.69) is 5.32 Å². The predicted molar refractivity (Wildman–Crippen MR) is 104 cm³/mol. The number of benzene rings is 2. The molecule has 0 radical (unpaired) electrons. The average molecular weight is 352 g/mol. The van der Waals surface area contributed by atoms with Crippen LogP contribution >= 0.6 is 0 Å². The van der Waals surface area contributed by atoms with Gasteiger partial charge in [0.15, 0.2) is 0 Å². The second kappa shape index (κ2) is 10.4. The molecule has 0 bridgehead atoms. The van der Waals surface area contributed by atoms with E-state index >= 15 is 0 Å². The predicted octanol–water partition coefficient (Wildman–Crippen LogP) is 4.08. The SMILES string of the molecule is CCCNC(=O)C(c1ccccc1)N(Cc1ccccc1)C(=O)CCC. The highest BCUT2D eigenvalue weighted by Crippen LogP contribution is 2.24. The van der Waals surface area contributed by atoms with Crippen molar-refractivity contribution in [2.45, 2.75) is 45.7 Å². The maximum atomic E-state index is 12.9. The third kappa shape index (κ3) is 5.45. The number of rotatable bonds is 9. The number of amides is 2. The van der Waals surface area contributed by atoms with E-state index in [1.807, 2.05) is 74.5 Å². The van der Waals surface area contributed by atoms with E-state index in [1.165, 1.54) is 0 Å². The first-order valence-electron chi connectivity index (χ1n) is 9.33. The number of carbonyl (C=O) groups is 2. The lowest BCUT2D eigenvalue weighted by Gasteiger charge is -2.31. The molecule has 0 aliphatic carbocycles. The van der Waals surface area contributed by atoms with Crippen LogP contribution in [0.4, 0.5) is 0 Å². The van der Waals surface area contributed by atoms with Gasteiger partial charge in [0.25, 0.3) is 0 Å². The van der Waals surface area contributed by atoms with Crippen LogP contribution in [-0.2, 0) is 16.1 Å². The standard InChI is InChI=1S/C22H28N2O2/c1-3-11-20(25)24(17-18-12-7-5-8-13-18)21(22(26)23-16-4-2)19-14-9-6-10-15-19/h5-10,12-15,21H,3-4,11,16-17H2,1-2H3,(H,23,26). The molecule has 0 aliphatic rings. The van der Waals surface area contributed by atoms with Crippen molar-refractivity contribution in [1.82, 2.24) is 10.2 Å². The zero-order valence-electron chi connectivity index (χ0n) is 15.7. The Morgan fingerprint density at radius 3 is 2.12 bits per heavy atom. The highest BCUT2D eigenvalue weighted by Gasteiger charge is 2.30. The first-order valence-corrected chi connectivity index (χ1v) is 9.33. The Labute approximate surface area is 156 Å². The zero-order valence-corrected chi connectivity index (χ0v) is 15.7. The molecule has 4 nitrogen and oxygen atoms in total. The Morgan fingerprint density at radius 1 is 0.923 bits per heavy atom. The van der Waals surface area contributed by atoms with Crippen LogP contribution in [0.2, 0.25) is 0 Å². The fourth-order valence-electron chi connectivity index (χ4n) is 2.91. The normalized spacial score (nSPS) is 11.6. The minimum Gasteiger partial charge on any atom is -0.354 e. The van der Waals surface area contributed by atoms with E-state index in [4.69, 9.17) is 0 Å². The van der Waals surface area contributed by atoms with E-state index < -0.39 is 6.04 Å². The summed E-state index contributed by atoms with van der Waals surface area (Å²) in [6.07, 6.45) is 2.04. The minimum atomic E-state index is -0.623. The highest BCUT2D eigenvalue weighted by atomic mass is 16.2. The van der Waals surface area contributed by atoms with Crippen LogP contribution in [0.15, 0.2) is 60.7 Å². The molecule has 1 unspecified atom stereocenters. The van der Waals surface area contributed by atoms with Crippen LogP contribution in [0.1, 0.15) is 50.3 Å². The Hall–Kier alpha value is -2.62. The molecule has 2 aromatic rings. The molecule has 0 aromatic heterocycles. The molecule has 0 aliphatic heterocycles. The molecular weight excluding hydrogens is 324 g/mol. The molecule has 0 spiro atoms. The highest BCUT2D eigenvalue weighted by molar-refractivity contribution is 5.88. The van der Waals surface area contributed by atoms with Crippen molar-refractivity contribution in [3.63, 3.8) is 0 Å². The summed E-state index contributed by atoms with van der Waals surface area (Å²) in [5.74, 6) is -0.129. The van der Waals surface area contributed by atoms with Gasteiger partial charge >= 0.3 is 0 Å². The van der Waals surface area contributed by atoms with Crippen molar-refractivity contribution in [3.05, 3.63) is 71.8 Å². The lowest BCUT2D eigenvalue weighted by molar-refractivity contribution is -0.141. The number of hydrogen-bond acceptors (Lipinski definition) is 2. The number of nitrogens with one attached hydrogen (secondary N) is 1. The third-order valence-electron chi connectivity index (χ3n) is 4.20. The molecule has 2 aromatic carbocycles. The summed E-state index contributed by atoms with van der Waals surface area (Å²) in [7, 11) is 0. The van der Waals surface area contributed by atoms with E-state index in [0.717, 1.165) is 24.0 Å². The van der Waals surface area contributed by atoms with Crippen LogP contribution in [-0.4, -0.2) is 23.3 Å². The quantitative estimate of drug-likeness (QED) is 0.739. The summed E-state index contributed by atoms with van der Waals surface area (Å²) in [6, 6.07) is 18.7. The van der Waals surface area contributed by atoms with Crippen LogP contribution in [0.25, 0.3) is 0 Å². The first-order chi connectivity index (χ1) is 12.7. The van der Waals surface area contributed by atoms with E-state index in [-0.39, 0.29) is 11.8 Å². The lowest BCUT2D eigenvalue weighted by Crippen LogP contribution is -2.43. The third-order valence-corrected chi connectivity index (χ3v) is 4.20. The smallest absolute Gasteiger partial charge is 0.247 e. The fourth-order valence-corrected chi connectivity index (χ4v) is 2.91. The molecular formula is C22H28N2O2. The van der Waals surface area contributed by atoms with Gasteiger partial charge in [0.2, 0.25) is 11.8 Å². The molecule has 0 heterocycles. The van der Waals surface area contributed by atoms with Gasteiger partial charge in [-0.05, 0) is 24.0 Å². The number of hydrogen-bond donors (Lipinski definition) is 1. The largest absolute Gasteiger partial charge is 0.354 e. The van der Waals surface area contributed by atoms with Crippen LogP contribution in [0.3, 0.4) is 0 Å². The van der Waals surface area contributed by atoms with E-state index in [9.17, 15) is 9.59 Å². The molecule has 4 heteroatoms. The van der Waals surface area contributed by atoms with Crippen LogP contribution in [0, 0.1) is 0 Å². The molecule has 1 N–H and O–H groups in total. The number of carbonyl (C=O) groups excluding carboxylic acids is 2. The van der Waals surface area contributed by atoms with Gasteiger partial charge in [0.1, 0.15) is 6.04 Å². The van der Waals surface area contributed by atoms with Gasteiger partial charge in [-0.25, -0.2) is 0 Å². The Bertz CT molecular complexity index is 686. The molecule has 0 fully saturated rings. The molecule has 0 saturated carbocycles.